The average Bonchev–Trinajstić information content (AvgIpc) is 2.95. The lowest BCUT2D eigenvalue weighted by molar-refractivity contribution is -0.234. The van der Waals surface area contributed by atoms with Crippen LogP contribution < -0.4 is 14.9 Å². The van der Waals surface area contributed by atoms with E-state index in [4.69, 9.17) is 27.8 Å². The highest BCUT2D eigenvalue weighted by Gasteiger charge is 2.46. The zero-order chi connectivity index (χ0) is 30.5. The lowest BCUT2D eigenvalue weighted by Gasteiger charge is -2.41. The number of aromatic hydroxyl groups is 1. The van der Waals surface area contributed by atoms with Crippen molar-refractivity contribution in [3.05, 3.63) is 47.1 Å². The van der Waals surface area contributed by atoms with Crippen molar-refractivity contribution in [2.75, 3.05) is 20.8 Å². The summed E-state index contributed by atoms with van der Waals surface area (Å²) in [5.74, 6) is -3.15. The molecule has 0 radical (unpaired) electrons. The Balaban J connectivity index is 1.88. The number of carbonyl (C=O) groups is 2. The Labute approximate surface area is 235 Å². The molecule has 2 aromatic carbocycles. The molecule has 1 saturated heterocycles. The number of aliphatic hydroxyl groups is 3. The van der Waals surface area contributed by atoms with Crippen LogP contribution >= 0.6 is 0 Å². The number of methoxy groups -OCH3 is 2. The minimum atomic E-state index is -1.80. The second-order valence-electron chi connectivity index (χ2n) is 9.59. The van der Waals surface area contributed by atoms with Gasteiger partial charge in [0.05, 0.1) is 31.7 Å². The van der Waals surface area contributed by atoms with Crippen molar-refractivity contribution in [1.29, 1.82) is 0 Å². The molecule has 2 aromatic heterocycles. The average molecular weight is 588 g/mol. The van der Waals surface area contributed by atoms with Gasteiger partial charge in [0.15, 0.2) is 11.5 Å². The Morgan fingerprint density at radius 1 is 0.929 bits per heavy atom. The van der Waals surface area contributed by atoms with Gasteiger partial charge in [-0.15, -0.1) is 0 Å². The third kappa shape index (κ3) is 4.90. The number of ether oxygens (including phenoxy) is 4. The number of hydrogen-bond donors (Lipinski definition) is 5. The highest BCUT2D eigenvalue weighted by atomic mass is 16.6. The van der Waals surface area contributed by atoms with Gasteiger partial charge < -0.3 is 53.3 Å². The molecule has 5 rings (SSSR count). The zero-order valence-electron chi connectivity index (χ0n) is 22.4. The standard InChI is InChI=1S/C28H26O14/c1-10(29)39-9-19-23(32)24(33)25(34)27(42-19)21-13-8-18(28(35)36)40-14-6-12(30)7-15(20(13)14)41-26(21)11-4-16(37-2)22(31)17(5-11)38-3/h4-8,19,23-25,27,31-34H,9H2,1-3H3,(H,35,36)/p+1/t19-,23-,24+,25-,27+/m1/s1. The maximum Gasteiger partial charge on any atom is 0.371 e. The maximum absolute atomic E-state index is 12.0. The van der Waals surface area contributed by atoms with Gasteiger partial charge in [-0.3, -0.25) is 9.59 Å². The number of carbonyl (C=O) groups excluding carboxylic acids is 1. The first-order chi connectivity index (χ1) is 19.9. The van der Waals surface area contributed by atoms with Gasteiger partial charge in [0.25, 0.3) is 0 Å². The largest absolute Gasteiger partial charge is 0.502 e. The number of carboxylic acid groups (broad SMARTS) is 1. The van der Waals surface area contributed by atoms with E-state index in [1.165, 1.54) is 38.5 Å². The molecular formula is C28H27O14+. The zero-order valence-corrected chi connectivity index (χ0v) is 22.4. The van der Waals surface area contributed by atoms with E-state index in [9.17, 15) is 39.9 Å². The van der Waals surface area contributed by atoms with Crippen molar-refractivity contribution in [2.24, 2.45) is 0 Å². The number of esters is 1. The molecule has 14 nitrogen and oxygen atoms in total. The Bertz CT molecular complexity index is 1730. The molecule has 4 aromatic rings. The SMILES string of the molecule is COc1cc(-c2oc3cc(=[OH+])cc4oc(C(=O)O)cc(c2[C@@H]2O[C@H](COC(C)=O)[C@@H](O)[C@H](O)[C@H]2O)c43)cc(OC)c1O. The summed E-state index contributed by atoms with van der Waals surface area (Å²) in [5.41, 5.74) is -0.179. The van der Waals surface area contributed by atoms with Crippen LogP contribution in [0.2, 0.25) is 0 Å². The van der Waals surface area contributed by atoms with Crippen LogP contribution in [-0.2, 0) is 14.3 Å². The Morgan fingerprint density at radius 3 is 2.12 bits per heavy atom. The Hall–Kier alpha value is -4.63. The number of phenols is 1. The second kappa shape index (κ2) is 11.0. The molecule has 0 bridgehead atoms. The summed E-state index contributed by atoms with van der Waals surface area (Å²) in [6.07, 6.45) is -8.10. The van der Waals surface area contributed by atoms with Gasteiger partial charge in [0.1, 0.15) is 54.1 Å². The molecule has 0 unspecified atom stereocenters. The van der Waals surface area contributed by atoms with Gasteiger partial charge in [-0.25, -0.2) is 4.79 Å². The third-order valence-corrected chi connectivity index (χ3v) is 6.96. The normalized spacial score (nSPS) is 22.3. The van der Waals surface area contributed by atoms with Crippen LogP contribution in [0.1, 0.15) is 29.1 Å². The molecule has 1 fully saturated rings. The van der Waals surface area contributed by atoms with E-state index in [0.29, 0.717) is 0 Å². The fourth-order valence-corrected chi connectivity index (χ4v) is 5.01. The fourth-order valence-electron chi connectivity index (χ4n) is 5.01. The fraction of sp³-hybridized carbons (Fsp3) is 0.321. The first kappa shape index (κ1) is 28.9. The summed E-state index contributed by atoms with van der Waals surface area (Å²) < 4.78 is 33.3. The number of benzene rings is 2. The molecular weight excluding hydrogens is 560 g/mol. The minimum absolute atomic E-state index is 0.00226. The van der Waals surface area contributed by atoms with E-state index in [2.05, 4.69) is 0 Å². The summed E-state index contributed by atoms with van der Waals surface area (Å²) in [6.45, 7) is 0.661. The predicted octanol–water partition coefficient (Wildman–Crippen LogP) is 1.36. The van der Waals surface area contributed by atoms with E-state index in [-0.39, 0.29) is 61.5 Å². The number of rotatable bonds is 7. The van der Waals surface area contributed by atoms with Crippen molar-refractivity contribution >= 4 is 33.9 Å². The van der Waals surface area contributed by atoms with E-state index in [0.717, 1.165) is 13.0 Å². The van der Waals surface area contributed by atoms with Crippen molar-refractivity contribution in [2.45, 2.75) is 37.4 Å². The van der Waals surface area contributed by atoms with Gasteiger partial charge in [-0.05, 0) is 18.2 Å². The van der Waals surface area contributed by atoms with Crippen LogP contribution in [-0.4, -0.2) is 87.5 Å². The summed E-state index contributed by atoms with van der Waals surface area (Å²) >= 11 is 0. The summed E-state index contributed by atoms with van der Waals surface area (Å²) in [7, 11) is 2.60. The van der Waals surface area contributed by atoms with E-state index >= 15 is 0 Å². The monoisotopic (exact) mass is 587 g/mol. The van der Waals surface area contributed by atoms with Crippen LogP contribution in [0, 0.1) is 0 Å². The van der Waals surface area contributed by atoms with Crippen LogP contribution in [0.15, 0.2) is 39.2 Å². The topological polar surface area (TPSA) is 220 Å². The third-order valence-electron chi connectivity index (χ3n) is 6.96. The summed E-state index contributed by atoms with van der Waals surface area (Å²) in [4.78, 5) is 33.9. The number of hydrogen-bond acceptors (Lipinski definition) is 12. The molecule has 0 aliphatic carbocycles. The van der Waals surface area contributed by atoms with Crippen molar-refractivity contribution < 1.29 is 67.7 Å². The Morgan fingerprint density at radius 2 is 1.55 bits per heavy atom. The molecule has 222 valence electrons. The second-order valence-corrected chi connectivity index (χ2v) is 9.59. The van der Waals surface area contributed by atoms with Crippen LogP contribution in [0.3, 0.4) is 0 Å². The molecule has 42 heavy (non-hydrogen) atoms. The van der Waals surface area contributed by atoms with Crippen LogP contribution in [0.25, 0.3) is 33.3 Å². The predicted molar refractivity (Wildman–Crippen MR) is 140 cm³/mol. The quantitative estimate of drug-likeness (QED) is 0.152. The first-order valence-corrected chi connectivity index (χ1v) is 12.5. The molecule has 3 heterocycles. The molecule has 0 saturated carbocycles. The molecule has 6 N–H and O–H groups in total. The molecule has 1 aliphatic heterocycles. The van der Waals surface area contributed by atoms with Gasteiger partial charge in [0, 0.05) is 23.4 Å². The minimum Gasteiger partial charge on any atom is -0.502 e. The highest BCUT2D eigenvalue weighted by molar-refractivity contribution is 6.09. The van der Waals surface area contributed by atoms with Crippen LogP contribution in [0.4, 0.5) is 0 Å². The summed E-state index contributed by atoms with van der Waals surface area (Å²) in [6, 6.07) is 6.34. The van der Waals surface area contributed by atoms with Crippen LogP contribution in [0.5, 0.6) is 17.2 Å². The van der Waals surface area contributed by atoms with E-state index < -0.39 is 54.8 Å². The van der Waals surface area contributed by atoms with Crippen molar-refractivity contribution in [3.63, 3.8) is 0 Å². The lowest BCUT2D eigenvalue weighted by atomic mass is 9.87. The lowest BCUT2D eigenvalue weighted by Crippen LogP contribution is -2.55. The smallest absolute Gasteiger partial charge is 0.371 e. The van der Waals surface area contributed by atoms with E-state index in [1.807, 2.05) is 0 Å². The van der Waals surface area contributed by atoms with Gasteiger partial charge in [0.2, 0.25) is 11.5 Å². The molecule has 14 heteroatoms. The number of aliphatic hydroxyl groups excluding tert-OH is 3. The molecule has 0 amide bonds. The summed E-state index contributed by atoms with van der Waals surface area (Å²) in [5, 5.41) is 53.2. The first-order valence-electron chi connectivity index (χ1n) is 12.5. The Kier molecular flexibility index (Phi) is 7.55. The van der Waals surface area contributed by atoms with Gasteiger partial charge in [-0.2, -0.15) is 0 Å². The number of carboxylic acids is 1. The molecule has 0 spiro atoms. The van der Waals surface area contributed by atoms with Crippen molar-refractivity contribution in [3.8, 4) is 28.6 Å². The highest BCUT2D eigenvalue weighted by Crippen LogP contribution is 2.47. The van der Waals surface area contributed by atoms with Gasteiger partial charge in [-0.1, -0.05) is 0 Å². The molecule has 5 atom stereocenters. The van der Waals surface area contributed by atoms with E-state index in [1.54, 1.807) is 0 Å². The van der Waals surface area contributed by atoms with Crippen molar-refractivity contribution in [1.82, 2.24) is 0 Å². The molecule has 1 aliphatic rings. The maximum atomic E-state index is 12.0. The number of phenolic OH excluding ortho intramolecular Hbond substituents is 1. The van der Waals surface area contributed by atoms with Gasteiger partial charge >= 0.3 is 17.4 Å². The number of aromatic carboxylic acids is 1.